The minimum atomic E-state index is -3.88. The highest BCUT2D eigenvalue weighted by atomic mass is 32.2. The molecule has 5 aliphatic rings. The van der Waals surface area contributed by atoms with Crippen LogP contribution in [0.1, 0.15) is 78.6 Å². The predicted molar refractivity (Wildman–Crippen MR) is 197 cm³/mol. The second-order valence-corrected chi connectivity index (χ2v) is 17.3. The summed E-state index contributed by atoms with van der Waals surface area (Å²) in [4.78, 5) is 67.7. The van der Waals surface area contributed by atoms with Gasteiger partial charge in [0.15, 0.2) is 0 Å². The number of benzene rings is 2. The molecule has 5 atom stereocenters. The van der Waals surface area contributed by atoms with Gasteiger partial charge in [0.25, 0.3) is 11.8 Å². The molecular formula is C38H40N6O7S2. The molecule has 2 saturated carbocycles. The SMILES string of the molecule is O=C(N[C@H]1CCCCC/C=C\C2CC2(C(=O)NS(=O)(=O)C2CC2)NC(=O)[C@@H]2C[C@@H](ON=C3c4ccccc4-c4ccccc43)CN2C1=O)c1cncs1. The van der Waals surface area contributed by atoms with Gasteiger partial charge >= 0.3 is 0 Å². The van der Waals surface area contributed by atoms with E-state index in [1.807, 2.05) is 60.7 Å². The average molecular weight is 757 g/mol. The van der Waals surface area contributed by atoms with Gasteiger partial charge in [0.2, 0.25) is 21.8 Å². The van der Waals surface area contributed by atoms with Crippen molar-refractivity contribution in [2.45, 2.75) is 86.8 Å². The third-order valence-corrected chi connectivity index (χ3v) is 13.3. The summed E-state index contributed by atoms with van der Waals surface area (Å²) in [7, 11) is -3.88. The first-order chi connectivity index (χ1) is 25.6. The number of hydrogen-bond acceptors (Lipinski definition) is 10. The summed E-state index contributed by atoms with van der Waals surface area (Å²) >= 11 is 1.16. The van der Waals surface area contributed by atoms with Crippen LogP contribution in [-0.4, -0.2) is 83.2 Å². The van der Waals surface area contributed by atoms with Crippen LogP contribution in [0.3, 0.4) is 0 Å². The van der Waals surface area contributed by atoms with Crippen LogP contribution in [0.2, 0.25) is 0 Å². The first-order valence-corrected chi connectivity index (χ1v) is 20.5. The highest BCUT2D eigenvalue weighted by molar-refractivity contribution is 7.91. The lowest BCUT2D eigenvalue weighted by molar-refractivity contribution is -0.141. The van der Waals surface area contributed by atoms with Gasteiger partial charge < -0.3 is 20.4 Å². The Bertz CT molecular complexity index is 2070. The molecule has 3 N–H and O–H groups in total. The topological polar surface area (TPSA) is 176 Å². The van der Waals surface area contributed by atoms with Gasteiger partial charge in [-0.1, -0.05) is 78.7 Å². The van der Waals surface area contributed by atoms with Crippen LogP contribution in [0.15, 0.2) is 77.5 Å². The molecule has 3 aliphatic carbocycles. The van der Waals surface area contributed by atoms with Gasteiger partial charge in [0.05, 0.1) is 23.5 Å². The molecule has 3 aromatic rings. The van der Waals surface area contributed by atoms with Gasteiger partial charge in [0, 0.05) is 23.5 Å². The second kappa shape index (κ2) is 14.2. The van der Waals surface area contributed by atoms with E-state index in [0.29, 0.717) is 42.7 Å². The minimum absolute atomic E-state index is 0.00249. The van der Waals surface area contributed by atoms with E-state index in [1.54, 1.807) is 5.51 Å². The summed E-state index contributed by atoms with van der Waals surface area (Å²) in [5.41, 5.74) is 4.56. The van der Waals surface area contributed by atoms with Gasteiger partial charge in [0.1, 0.15) is 34.3 Å². The molecule has 13 nitrogen and oxygen atoms in total. The monoisotopic (exact) mass is 756 g/mol. The molecule has 2 unspecified atom stereocenters. The fourth-order valence-electron chi connectivity index (χ4n) is 7.62. The van der Waals surface area contributed by atoms with E-state index in [4.69, 9.17) is 4.84 Å². The molecule has 2 aromatic carbocycles. The second-order valence-electron chi connectivity index (χ2n) is 14.4. The van der Waals surface area contributed by atoms with Crippen LogP contribution >= 0.6 is 11.3 Å². The maximum absolute atomic E-state index is 14.5. The standard InChI is InChI=1S/C38H40N6O7S2/c45-34-31-18-24(51-42-33-28-13-8-6-11-26(28)27-12-7-9-14-29(27)33)21-44(31)36(47)30(40-35(46)32-20-39-22-52-32)15-5-3-1-2-4-10-23-19-38(23,41-34)37(48)43-53(49,50)25-16-17-25/h4,6-14,20,22-25,30-31H,1-3,5,15-19,21H2,(H,40,46)(H,41,45)(H,43,48)/b10-4-/t23?,24-,30+,31+,38?/m1/s1. The Morgan fingerprint density at radius 3 is 2.38 bits per heavy atom. The zero-order valence-corrected chi connectivity index (χ0v) is 30.5. The van der Waals surface area contributed by atoms with E-state index in [0.717, 1.165) is 46.4 Å². The molecule has 1 saturated heterocycles. The molecule has 276 valence electrons. The lowest BCUT2D eigenvalue weighted by Crippen LogP contribution is -2.58. The molecule has 4 amide bonds. The molecule has 15 heteroatoms. The highest BCUT2D eigenvalue weighted by Crippen LogP contribution is 2.46. The molecular weight excluding hydrogens is 717 g/mol. The molecule has 0 radical (unpaired) electrons. The Morgan fingerprint density at radius 1 is 0.981 bits per heavy atom. The molecule has 1 aromatic heterocycles. The van der Waals surface area contributed by atoms with Gasteiger partial charge in [-0.25, -0.2) is 8.42 Å². The molecule has 2 aliphatic heterocycles. The van der Waals surface area contributed by atoms with Crippen LogP contribution in [-0.2, 0) is 29.2 Å². The molecule has 0 spiro atoms. The maximum Gasteiger partial charge on any atom is 0.263 e. The normalized spacial score (nSPS) is 27.5. The zero-order chi connectivity index (χ0) is 36.7. The summed E-state index contributed by atoms with van der Waals surface area (Å²) < 4.78 is 27.9. The number of carbonyl (C=O) groups excluding carboxylic acids is 4. The Labute approximate surface area is 311 Å². The number of nitrogens with zero attached hydrogens (tertiary/aromatic N) is 3. The number of aromatic nitrogens is 1. The van der Waals surface area contributed by atoms with E-state index in [2.05, 4.69) is 25.5 Å². The van der Waals surface area contributed by atoms with Crippen molar-refractivity contribution in [2.24, 2.45) is 11.1 Å². The number of oxime groups is 1. The fourth-order valence-corrected chi connectivity index (χ4v) is 9.50. The smallest absolute Gasteiger partial charge is 0.263 e. The summed E-state index contributed by atoms with van der Waals surface area (Å²) in [6.45, 7) is 0.00249. The van der Waals surface area contributed by atoms with Crippen LogP contribution in [0.5, 0.6) is 0 Å². The number of fused-ring (bicyclic) bond motifs is 5. The lowest BCUT2D eigenvalue weighted by Gasteiger charge is -2.29. The summed E-state index contributed by atoms with van der Waals surface area (Å²) in [5, 5.41) is 9.76. The average Bonchev–Trinajstić information content (AvgIpc) is 3.96. The Kier molecular flexibility index (Phi) is 9.39. The van der Waals surface area contributed by atoms with Gasteiger partial charge in [-0.15, -0.1) is 11.3 Å². The molecule has 53 heavy (non-hydrogen) atoms. The van der Waals surface area contributed by atoms with E-state index in [1.165, 1.54) is 11.1 Å². The van der Waals surface area contributed by atoms with E-state index >= 15 is 0 Å². The molecule has 0 bridgehead atoms. The van der Waals surface area contributed by atoms with Gasteiger partial charge in [-0.2, -0.15) is 0 Å². The number of thiazole rings is 1. The predicted octanol–water partition coefficient (Wildman–Crippen LogP) is 3.66. The van der Waals surface area contributed by atoms with Crippen molar-refractivity contribution in [2.75, 3.05) is 6.54 Å². The Morgan fingerprint density at radius 2 is 1.70 bits per heavy atom. The first-order valence-electron chi connectivity index (χ1n) is 18.1. The number of amides is 4. The highest BCUT2D eigenvalue weighted by Gasteiger charge is 2.62. The molecule has 3 fully saturated rings. The van der Waals surface area contributed by atoms with Crippen LogP contribution < -0.4 is 15.4 Å². The Balaban J connectivity index is 1.10. The summed E-state index contributed by atoms with van der Waals surface area (Å²) in [6, 6.07) is 13.7. The summed E-state index contributed by atoms with van der Waals surface area (Å²) in [6.07, 6.45) is 9.13. The number of hydrogen-bond donors (Lipinski definition) is 3. The van der Waals surface area contributed by atoms with Crippen molar-refractivity contribution in [3.05, 3.63) is 88.4 Å². The minimum Gasteiger partial charge on any atom is -0.390 e. The van der Waals surface area contributed by atoms with Crippen molar-refractivity contribution < 1.29 is 32.4 Å². The number of carbonyl (C=O) groups is 4. The Hall–Kier alpha value is -4.89. The van der Waals surface area contributed by atoms with E-state index in [-0.39, 0.29) is 19.4 Å². The zero-order valence-electron chi connectivity index (χ0n) is 28.9. The van der Waals surface area contributed by atoms with Gasteiger partial charge in [-0.05, 0) is 49.7 Å². The fraction of sp³-hybridized carbons (Fsp3) is 0.421. The maximum atomic E-state index is 14.5. The van der Waals surface area contributed by atoms with Crippen molar-refractivity contribution in [3.63, 3.8) is 0 Å². The quantitative estimate of drug-likeness (QED) is 0.189. The summed E-state index contributed by atoms with van der Waals surface area (Å²) in [5.74, 6) is -2.68. The van der Waals surface area contributed by atoms with Crippen LogP contribution in [0, 0.1) is 5.92 Å². The van der Waals surface area contributed by atoms with Crippen LogP contribution in [0.4, 0.5) is 0 Å². The number of allylic oxidation sites excluding steroid dienone is 1. The van der Waals surface area contributed by atoms with Crippen molar-refractivity contribution in [1.82, 2.24) is 25.2 Å². The number of rotatable bonds is 7. The lowest BCUT2D eigenvalue weighted by atomic mass is 10.0. The van der Waals surface area contributed by atoms with Crippen LogP contribution in [0.25, 0.3) is 11.1 Å². The molecule has 3 heterocycles. The van der Waals surface area contributed by atoms with E-state index in [9.17, 15) is 27.6 Å². The molecule has 8 rings (SSSR count). The van der Waals surface area contributed by atoms with Crippen molar-refractivity contribution in [1.29, 1.82) is 0 Å². The largest absolute Gasteiger partial charge is 0.390 e. The third-order valence-electron chi connectivity index (χ3n) is 10.8. The van der Waals surface area contributed by atoms with Crippen molar-refractivity contribution in [3.8, 4) is 11.1 Å². The number of nitrogens with one attached hydrogen (secondary N) is 3. The third kappa shape index (κ3) is 6.99. The van der Waals surface area contributed by atoms with E-state index < -0.39 is 68.5 Å². The number of sulfonamides is 1. The van der Waals surface area contributed by atoms with Crippen molar-refractivity contribution >= 4 is 50.7 Å². The first kappa shape index (κ1) is 35.2. The van der Waals surface area contributed by atoms with Gasteiger partial charge in [-0.3, -0.25) is 28.9 Å².